The number of carbonyl (C=O) groups excluding carboxylic acids is 2. The molecule has 2 saturated heterocycles. The molecule has 0 saturated carbocycles. The fourth-order valence-corrected chi connectivity index (χ4v) is 4.16. The van der Waals surface area contributed by atoms with E-state index in [1.807, 2.05) is 50.3 Å². The van der Waals surface area contributed by atoms with Crippen molar-refractivity contribution >= 4 is 17.5 Å². The third-order valence-corrected chi connectivity index (χ3v) is 5.22. The number of carbonyl (C=O) groups is 2. The zero-order valence-electron chi connectivity index (χ0n) is 14.6. The zero-order valence-corrected chi connectivity index (χ0v) is 14.6. The molecule has 0 aliphatic carbocycles. The van der Waals surface area contributed by atoms with E-state index in [2.05, 4.69) is 5.32 Å². The number of ether oxygens (including phenoxy) is 2. The minimum Gasteiger partial charge on any atom is -0.497 e. The third kappa shape index (κ3) is 2.35. The number of benzene rings is 1. The lowest BCUT2D eigenvalue weighted by Crippen LogP contribution is -2.45. The summed E-state index contributed by atoms with van der Waals surface area (Å²) in [4.78, 5) is 27.5. The van der Waals surface area contributed by atoms with Crippen LogP contribution in [0.1, 0.15) is 13.8 Å². The van der Waals surface area contributed by atoms with Crippen LogP contribution in [0.15, 0.2) is 36.4 Å². The largest absolute Gasteiger partial charge is 0.497 e. The van der Waals surface area contributed by atoms with E-state index in [4.69, 9.17) is 9.47 Å². The Labute approximate surface area is 146 Å². The molecule has 4 rings (SSSR count). The Bertz CT molecular complexity index is 742. The van der Waals surface area contributed by atoms with Gasteiger partial charge < -0.3 is 19.7 Å². The van der Waals surface area contributed by atoms with Crippen LogP contribution in [0.25, 0.3) is 0 Å². The van der Waals surface area contributed by atoms with Gasteiger partial charge >= 0.3 is 0 Å². The summed E-state index contributed by atoms with van der Waals surface area (Å²) < 4.78 is 11.3. The molecule has 0 radical (unpaired) electrons. The first kappa shape index (κ1) is 16.1. The summed E-state index contributed by atoms with van der Waals surface area (Å²) in [6.45, 7) is 4.26. The molecule has 6 heteroatoms. The van der Waals surface area contributed by atoms with Crippen molar-refractivity contribution in [2.24, 2.45) is 11.8 Å². The Morgan fingerprint density at radius 2 is 2.08 bits per heavy atom. The molecule has 1 N–H and O–H groups in total. The fourth-order valence-electron chi connectivity index (χ4n) is 4.16. The highest BCUT2D eigenvalue weighted by atomic mass is 16.5. The van der Waals surface area contributed by atoms with Gasteiger partial charge in [-0.05, 0) is 38.1 Å². The molecule has 2 amide bonds. The highest BCUT2D eigenvalue weighted by Gasteiger charge is 2.67. The van der Waals surface area contributed by atoms with Gasteiger partial charge in [0.1, 0.15) is 11.4 Å². The monoisotopic (exact) mass is 342 g/mol. The highest BCUT2D eigenvalue weighted by molar-refractivity contribution is 6.03. The maximum Gasteiger partial charge on any atom is 0.234 e. The van der Waals surface area contributed by atoms with E-state index in [0.717, 1.165) is 11.4 Å². The van der Waals surface area contributed by atoms with Gasteiger partial charge in [0, 0.05) is 11.7 Å². The molecule has 25 heavy (non-hydrogen) atoms. The van der Waals surface area contributed by atoms with Gasteiger partial charge in [-0.1, -0.05) is 12.2 Å². The van der Waals surface area contributed by atoms with Gasteiger partial charge in [-0.3, -0.25) is 9.59 Å². The summed E-state index contributed by atoms with van der Waals surface area (Å²) in [7, 11) is 1.61. The molecule has 4 atom stereocenters. The summed E-state index contributed by atoms with van der Waals surface area (Å²) in [5.74, 6) is -0.367. The normalized spacial score (nSPS) is 32.4. The maximum atomic E-state index is 13.1. The van der Waals surface area contributed by atoms with E-state index in [9.17, 15) is 9.59 Å². The van der Waals surface area contributed by atoms with Gasteiger partial charge in [0.05, 0.1) is 31.6 Å². The van der Waals surface area contributed by atoms with Crippen LogP contribution in [-0.2, 0) is 14.3 Å². The van der Waals surface area contributed by atoms with E-state index >= 15 is 0 Å². The topological polar surface area (TPSA) is 67.9 Å². The number of hydrogen-bond acceptors (Lipinski definition) is 4. The summed E-state index contributed by atoms with van der Waals surface area (Å²) in [6.07, 6.45) is 3.57. The van der Waals surface area contributed by atoms with Crippen LogP contribution in [-0.4, -0.2) is 43.2 Å². The van der Waals surface area contributed by atoms with Crippen molar-refractivity contribution in [3.8, 4) is 5.75 Å². The molecule has 2 bridgehead atoms. The molecule has 3 aliphatic rings. The van der Waals surface area contributed by atoms with E-state index in [1.54, 1.807) is 12.0 Å². The Morgan fingerprint density at radius 3 is 2.72 bits per heavy atom. The van der Waals surface area contributed by atoms with Crippen LogP contribution >= 0.6 is 0 Å². The second kappa shape index (κ2) is 5.59. The minimum absolute atomic E-state index is 0.0285. The van der Waals surface area contributed by atoms with Crippen LogP contribution in [0.5, 0.6) is 5.75 Å². The average molecular weight is 342 g/mol. The number of nitrogens with zero attached hydrogens (tertiary/aromatic N) is 1. The predicted molar refractivity (Wildman–Crippen MR) is 92.3 cm³/mol. The van der Waals surface area contributed by atoms with Crippen molar-refractivity contribution in [3.63, 3.8) is 0 Å². The molecular weight excluding hydrogens is 320 g/mol. The van der Waals surface area contributed by atoms with Crippen LogP contribution in [0.3, 0.4) is 0 Å². The average Bonchev–Trinajstić information content (AvgIpc) is 3.22. The van der Waals surface area contributed by atoms with E-state index in [1.165, 1.54) is 0 Å². The van der Waals surface area contributed by atoms with Crippen molar-refractivity contribution in [2.75, 3.05) is 18.6 Å². The first-order valence-corrected chi connectivity index (χ1v) is 8.58. The molecule has 132 valence electrons. The lowest BCUT2D eigenvalue weighted by Gasteiger charge is -2.24. The minimum atomic E-state index is -0.694. The molecule has 1 spiro atoms. The lowest BCUT2D eigenvalue weighted by atomic mass is 9.76. The Hall–Kier alpha value is -2.34. The van der Waals surface area contributed by atoms with Gasteiger partial charge in [0.2, 0.25) is 11.8 Å². The zero-order chi connectivity index (χ0) is 17.8. The van der Waals surface area contributed by atoms with Gasteiger partial charge in [-0.15, -0.1) is 0 Å². The first-order chi connectivity index (χ1) is 11.9. The summed E-state index contributed by atoms with van der Waals surface area (Å²) in [6, 6.07) is 7.39. The number of methoxy groups -OCH3 is 1. The van der Waals surface area contributed by atoms with E-state index in [0.29, 0.717) is 6.54 Å². The second-order valence-electron chi connectivity index (χ2n) is 7.19. The first-order valence-electron chi connectivity index (χ1n) is 8.58. The summed E-state index contributed by atoms with van der Waals surface area (Å²) in [5, 5.41) is 2.93. The molecule has 6 nitrogen and oxygen atoms in total. The number of rotatable bonds is 4. The fraction of sp³-hybridized carbons (Fsp3) is 0.474. The van der Waals surface area contributed by atoms with Crippen LogP contribution in [0, 0.1) is 11.8 Å². The number of amides is 2. The molecule has 1 aromatic carbocycles. The number of anilines is 1. The van der Waals surface area contributed by atoms with E-state index < -0.39 is 17.4 Å². The van der Waals surface area contributed by atoms with Crippen molar-refractivity contribution in [2.45, 2.75) is 31.6 Å². The maximum absolute atomic E-state index is 13.1. The Balaban J connectivity index is 1.64. The van der Waals surface area contributed by atoms with Gasteiger partial charge in [0.15, 0.2) is 0 Å². The molecular formula is C19H22N2O4. The number of hydrogen-bond donors (Lipinski definition) is 1. The highest BCUT2D eigenvalue weighted by Crippen LogP contribution is 2.52. The molecule has 0 aromatic heterocycles. The molecule has 1 aromatic rings. The van der Waals surface area contributed by atoms with Crippen molar-refractivity contribution in [1.82, 2.24) is 5.32 Å². The molecule has 3 aliphatic heterocycles. The van der Waals surface area contributed by atoms with Gasteiger partial charge in [-0.25, -0.2) is 0 Å². The van der Waals surface area contributed by atoms with Crippen molar-refractivity contribution < 1.29 is 19.1 Å². The van der Waals surface area contributed by atoms with Gasteiger partial charge in [-0.2, -0.15) is 0 Å². The molecule has 2 unspecified atom stereocenters. The summed E-state index contributed by atoms with van der Waals surface area (Å²) >= 11 is 0. The summed E-state index contributed by atoms with van der Waals surface area (Å²) in [5.41, 5.74) is 0.0961. The standard InChI is InChI=1S/C19H22N2O4/c1-11(2)20-17(22)15-14-8-9-19(25-14)10-21(18(23)16(15)19)12-4-6-13(24-3)7-5-12/h4-9,11,14-16H,10H2,1-3H3,(H,20,22)/t14-,15?,16?,19-/m1/s1. The van der Waals surface area contributed by atoms with Crippen LogP contribution < -0.4 is 15.0 Å². The Morgan fingerprint density at radius 1 is 1.36 bits per heavy atom. The van der Waals surface area contributed by atoms with Crippen molar-refractivity contribution in [1.29, 1.82) is 0 Å². The van der Waals surface area contributed by atoms with Crippen LogP contribution in [0.4, 0.5) is 5.69 Å². The van der Waals surface area contributed by atoms with Crippen molar-refractivity contribution in [3.05, 3.63) is 36.4 Å². The Kier molecular flexibility index (Phi) is 3.61. The van der Waals surface area contributed by atoms with E-state index in [-0.39, 0.29) is 24.0 Å². The number of fused-ring (bicyclic) bond motifs is 1. The molecule has 3 heterocycles. The third-order valence-electron chi connectivity index (χ3n) is 5.22. The smallest absolute Gasteiger partial charge is 0.234 e. The molecule has 2 fully saturated rings. The quantitative estimate of drug-likeness (QED) is 0.842. The number of nitrogens with one attached hydrogen (secondary N) is 1. The SMILES string of the molecule is COc1ccc(N2C[C@@]34C=C[C@@H](O3)C(C(=O)NC(C)C)C4C2=O)cc1. The predicted octanol–water partition coefficient (Wildman–Crippen LogP) is 1.51. The van der Waals surface area contributed by atoms with Crippen LogP contribution in [0.2, 0.25) is 0 Å². The van der Waals surface area contributed by atoms with Gasteiger partial charge in [0.25, 0.3) is 0 Å². The lowest BCUT2D eigenvalue weighted by molar-refractivity contribution is -0.132. The second-order valence-corrected chi connectivity index (χ2v) is 7.19.